The highest BCUT2D eigenvalue weighted by molar-refractivity contribution is 7.09. The third kappa shape index (κ3) is 8.50. The summed E-state index contributed by atoms with van der Waals surface area (Å²) in [6.45, 7) is -0.928. The van der Waals surface area contributed by atoms with Gasteiger partial charge in [-0.2, -0.15) is 0 Å². The van der Waals surface area contributed by atoms with Gasteiger partial charge >= 0.3 is 0 Å². The van der Waals surface area contributed by atoms with Crippen molar-refractivity contribution in [3.63, 3.8) is 0 Å². The van der Waals surface area contributed by atoms with Crippen molar-refractivity contribution in [1.29, 1.82) is 0 Å². The molecule has 198 valence electrons. The molecule has 0 saturated heterocycles. The summed E-state index contributed by atoms with van der Waals surface area (Å²) in [6.07, 6.45) is -0.148. The number of rotatable bonds is 12. The Morgan fingerprint density at radius 1 is 1.11 bits per heavy atom. The fraction of sp³-hybridized carbons (Fsp3) is 0.346. The molecule has 0 radical (unpaired) electrons. The van der Waals surface area contributed by atoms with E-state index in [0.29, 0.717) is 23.1 Å². The molecule has 2 heterocycles. The quantitative estimate of drug-likeness (QED) is 0.334. The molecule has 3 aromatic rings. The van der Waals surface area contributed by atoms with E-state index >= 15 is 0 Å². The van der Waals surface area contributed by atoms with Gasteiger partial charge in [0.05, 0.1) is 25.7 Å². The van der Waals surface area contributed by atoms with Gasteiger partial charge in [-0.15, -0.1) is 11.3 Å². The summed E-state index contributed by atoms with van der Waals surface area (Å²) in [7, 11) is 1.67. The summed E-state index contributed by atoms with van der Waals surface area (Å²) in [5.41, 5.74) is 1.01. The van der Waals surface area contributed by atoms with Crippen molar-refractivity contribution in [2.75, 3.05) is 13.1 Å². The van der Waals surface area contributed by atoms with Crippen LogP contribution < -0.4 is 10.6 Å². The van der Waals surface area contributed by atoms with Gasteiger partial charge in [0.25, 0.3) is 17.7 Å². The molecule has 2 aromatic heterocycles. The van der Waals surface area contributed by atoms with Crippen molar-refractivity contribution in [3.05, 3.63) is 82.3 Å². The summed E-state index contributed by atoms with van der Waals surface area (Å²) in [5, 5.41) is 18.1. The second kappa shape index (κ2) is 12.6. The molecular formula is C26H30F2N4O4S. The van der Waals surface area contributed by atoms with E-state index in [1.807, 2.05) is 11.4 Å². The van der Waals surface area contributed by atoms with Crippen molar-refractivity contribution in [2.45, 2.75) is 38.0 Å². The van der Waals surface area contributed by atoms with Crippen LogP contribution >= 0.6 is 11.3 Å². The largest absolute Gasteiger partial charge is 0.381 e. The maximum Gasteiger partial charge on any atom is 0.268 e. The second-order valence-electron chi connectivity index (χ2n) is 8.84. The third-order valence-corrected chi connectivity index (χ3v) is 6.46. The molecule has 0 aliphatic heterocycles. The number of hydrogen-bond donors (Lipinski definition) is 3. The van der Waals surface area contributed by atoms with Crippen LogP contribution in [0.2, 0.25) is 0 Å². The zero-order valence-corrected chi connectivity index (χ0v) is 21.4. The molecular weight excluding hydrogens is 502 g/mol. The number of aliphatic hydroxyl groups excluding tert-OH is 1. The Morgan fingerprint density at radius 2 is 1.84 bits per heavy atom. The van der Waals surface area contributed by atoms with Crippen LogP contribution in [0.4, 0.5) is 8.78 Å². The molecule has 11 heteroatoms. The van der Waals surface area contributed by atoms with E-state index in [1.54, 1.807) is 66.3 Å². The first-order valence-electron chi connectivity index (χ1n) is 11.6. The highest BCUT2D eigenvalue weighted by Crippen LogP contribution is 2.17. The molecule has 3 rings (SSSR count). The molecule has 3 amide bonds. The van der Waals surface area contributed by atoms with Crippen LogP contribution in [0.3, 0.4) is 0 Å². The SMILES string of the molecule is Cn1cccc1C(=O)NC(Cc1ccccc1)C(O)C(=O)N(CC(=O)NCc1cccs1)CC(C)(F)F. The maximum absolute atomic E-state index is 14.0. The van der Waals surface area contributed by atoms with E-state index in [4.69, 9.17) is 0 Å². The summed E-state index contributed by atoms with van der Waals surface area (Å²) >= 11 is 1.42. The van der Waals surface area contributed by atoms with Gasteiger partial charge in [-0.05, 0) is 35.6 Å². The number of thiophene rings is 1. The first-order chi connectivity index (χ1) is 17.5. The Bertz CT molecular complexity index is 1180. The number of aromatic nitrogens is 1. The lowest BCUT2D eigenvalue weighted by atomic mass is 9.99. The van der Waals surface area contributed by atoms with Gasteiger partial charge in [0.15, 0.2) is 6.10 Å². The summed E-state index contributed by atoms with van der Waals surface area (Å²) in [6, 6.07) is 14.6. The predicted octanol–water partition coefficient (Wildman–Crippen LogP) is 2.59. The Morgan fingerprint density at radius 3 is 2.43 bits per heavy atom. The number of alkyl halides is 2. The van der Waals surface area contributed by atoms with Gasteiger partial charge in [-0.3, -0.25) is 14.4 Å². The third-order valence-electron chi connectivity index (χ3n) is 5.58. The van der Waals surface area contributed by atoms with Gasteiger partial charge in [0, 0.05) is 25.0 Å². The number of nitrogens with zero attached hydrogens (tertiary/aromatic N) is 2. The molecule has 3 N–H and O–H groups in total. The number of carbonyl (C=O) groups excluding carboxylic acids is 3. The molecule has 8 nitrogen and oxygen atoms in total. The van der Waals surface area contributed by atoms with Gasteiger partial charge < -0.3 is 25.2 Å². The van der Waals surface area contributed by atoms with Crippen molar-refractivity contribution in [2.24, 2.45) is 7.05 Å². The zero-order chi connectivity index (χ0) is 27.0. The summed E-state index contributed by atoms with van der Waals surface area (Å²) in [5.74, 6) is -5.59. The van der Waals surface area contributed by atoms with E-state index in [1.165, 1.54) is 11.3 Å². The monoisotopic (exact) mass is 532 g/mol. The van der Waals surface area contributed by atoms with Crippen LogP contribution in [0.1, 0.15) is 27.9 Å². The average Bonchev–Trinajstić information content (AvgIpc) is 3.52. The minimum absolute atomic E-state index is 0.0604. The Kier molecular flexibility index (Phi) is 9.54. The van der Waals surface area contributed by atoms with E-state index < -0.39 is 48.9 Å². The predicted molar refractivity (Wildman–Crippen MR) is 136 cm³/mol. The summed E-state index contributed by atoms with van der Waals surface area (Å²) < 4.78 is 29.5. The van der Waals surface area contributed by atoms with E-state index in [0.717, 1.165) is 4.88 Å². The lowest BCUT2D eigenvalue weighted by molar-refractivity contribution is -0.149. The highest BCUT2D eigenvalue weighted by atomic mass is 32.1. The van der Waals surface area contributed by atoms with Gasteiger partial charge in [0.1, 0.15) is 5.69 Å². The van der Waals surface area contributed by atoms with Gasteiger partial charge in [-0.25, -0.2) is 8.78 Å². The molecule has 0 aliphatic carbocycles. The van der Waals surface area contributed by atoms with E-state index in [9.17, 15) is 28.3 Å². The zero-order valence-electron chi connectivity index (χ0n) is 20.6. The second-order valence-corrected chi connectivity index (χ2v) is 9.87. The number of amides is 3. The number of hydrogen-bond acceptors (Lipinski definition) is 5. The van der Waals surface area contributed by atoms with Crippen LogP contribution in [0.25, 0.3) is 0 Å². The normalized spacial score (nSPS) is 13.0. The van der Waals surface area contributed by atoms with Crippen LogP contribution in [-0.2, 0) is 29.6 Å². The number of nitrogens with one attached hydrogen (secondary N) is 2. The Labute approximate surface area is 217 Å². The molecule has 37 heavy (non-hydrogen) atoms. The fourth-order valence-electron chi connectivity index (χ4n) is 3.78. The van der Waals surface area contributed by atoms with Gasteiger partial charge in [0.2, 0.25) is 5.91 Å². The number of aliphatic hydroxyl groups is 1. The molecule has 0 spiro atoms. The van der Waals surface area contributed by atoms with E-state index in [-0.39, 0.29) is 13.0 Å². The molecule has 2 unspecified atom stereocenters. The minimum Gasteiger partial charge on any atom is -0.381 e. The van der Waals surface area contributed by atoms with Crippen LogP contribution in [0.15, 0.2) is 66.2 Å². The molecule has 0 fully saturated rings. The topological polar surface area (TPSA) is 104 Å². The van der Waals surface area contributed by atoms with Crippen molar-refractivity contribution >= 4 is 29.1 Å². The Balaban J connectivity index is 1.78. The standard InChI is InChI=1S/C26H30F2N4O4S/c1-26(27,28)17-32(16-22(33)29-15-19-10-7-13-37-19)25(36)23(34)20(14-18-8-4-3-5-9-18)30-24(35)21-11-6-12-31(21)2/h3-13,20,23,34H,14-17H2,1-2H3,(H,29,33)(H,30,35). The van der Waals surface area contributed by atoms with Gasteiger partial charge in [-0.1, -0.05) is 36.4 Å². The van der Waals surface area contributed by atoms with Crippen molar-refractivity contribution < 1.29 is 28.3 Å². The van der Waals surface area contributed by atoms with Crippen molar-refractivity contribution in [1.82, 2.24) is 20.1 Å². The molecule has 1 aromatic carbocycles. The van der Waals surface area contributed by atoms with E-state index in [2.05, 4.69) is 10.6 Å². The van der Waals surface area contributed by atoms with Crippen molar-refractivity contribution in [3.8, 4) is 0 Å². The molecule has 0 bridgehead atoms. The average molecular weight is 533 g/mol. The number of carbonyl (C=O) groups is 3. The highest BCUT2D eigenvalue weighted by Gasteiger charge is 2.36. The number of aryl methyl sites for hydroxylation is 1. The first-order valence-corrected chi connectivity index (χ1v) is 12.5. The minimum atomic E-state index is -3.31. The summed E-state index contributed by atoms with van der Waals surface area (Å²) in [4.78, 5) is 40.1. The van der Waals surface area contributed by atoms with Crippen LogP contribution in [0.5, 0.6) is 0 Å². The number of halogens is 2. The lowest BCUT2D eigenvalue weighted by Crippen LogP contribution is -2.55. The molecule has 0 saturated carbocycles. The smallest absolute Gasteiger partial charge is 0.268 e. The van der Waals surface area contributed by atoms with Crippen LogP contribution in [0, 0.1) is 0 Å². The first kappa shape index (κ1) is 28.0. The number of benzene rings is 1. The fourth-order valence-corrected chi connectivity index (χ4v) is 4.43. The Hall–Kier alpha value is -3.57. The molecule has 0 aliphatic rings. The van der Waals surface area contributed by atoms with Crippen LogP contribution in [-0.4, -0.2) is 63.5 Å². The lowest BCUT2D eigenvalue weighted by Gasteiger charge is -2.31. The molecule has 2 atom stereocenters. The maximum atomic E-state index is 14.0.